The van der Waals surface area contributed by atoms with Crippen LogP contribution in [-0.2, 0) is 6.54 Å². The van der Waals surface area contributed by atoms with E-state index in [0.717, 1.165) is 5.56 Å². The first-order valence-electron chi connectivity index (χ1n) is 5.92. The molecule has 0 atom stereocenters. The smallest absolute Gasteiger partial charge is 0.253 e. The molecule has 0 saturated carbocycles. The summed E-state index contributed by atoms with van der Waals surface area (Å²) in [5.74, 6) is -0.299. The summed E-state index contributed by atoms with van der Waals surface area (Å²) < 4.78 is 0. The van der Waals surface area contributed by atoms with Crippen LogP contribution in [0.25, 0.3) is 0 Å². The van der Waals surface area contributed by atoms with E-state index in [1.807, 2.05) is 6.07 Å². The second-order valence-electron chi connectivity index (χ2n) is 4.23. The Morgan fingerprint density at radius 3 is 2.85 bits per heavy atom. The molecule has 0 saturated heterocycles. The van der Waals surface area contributed by atoms with Gasteiger partial charge < -0.3 is 11.1 Å². The number of amides is 1. The van der Waals surface area contributed by atoms with Gasteiger partial charge in [-0.3, -0.25) is 4.79 Å². The van der Waals surface area contributed by atoms with Crippen LogP contribution in [0.1, 0.15) is 21.5 Å². The Morgan fingerprint density at radius 2 is 2.10 bits per heavy atom. The quantitative estimate of drug-likeness (QED) is 0.851. The van der Waals surface area contributed by atoms with Crippen molar-refractivity contribution in [1.82, 2.24) is 5.32 Å². The molecule has 20 heavy (non-hydrogen) atoms. The zero-order valence-electron chi connectivity index (χ0n) is 10.6. The maximum atomic E-state index is 12.0. The minimum Gasteiger partial charge on any atom is -0.398 e. The molecule has 4 nitrogen and oxygen atoms in total. The number of nitrogen functional groups attached to an aromatic ring is 1. The van der Waals surface area contributed by atoms with E-state index in [9.17, 15) is 4.79 Å². The number of hydrogen-bond donors (Lipinski definition) is 2. The minimum atomic E-state index is -0.299. The highest BCUT2D eigenvalue weighted by Crippen LogP contribution is 2.17. The molecular formula is C15H12ClN3O. The summed E-state index contributed by atoms with van der Waals surface area (Å²) in [5, 5.41) is 12.0. The number of nitrogens with zero attached hydrogens (tertiary/aromatic N) is 1. The molecule has 0 fully saturated rings. The number of halogens is 1. The molecular weight excluding hydrogens is 274 g/mol. The lowest BCUT2D eigenvalue weighted by Crippen LogP contribution is -2.23. The predicted molar refractivity (Wildman–Crippen MR) is 78.2 cm³/mol. The zero-order chi connectivity index (χ0) is 14.5. The number of benzene rings is 2. The van der Waals surface area contributed by atoms with Gasteiger partial charge in [0.05, 0.1) is 17.2 Å². The van der Waals surface area contributed by atoms with Crippen LogP contribution in [0, 0.1) is 11.3 Å². The molecule has 1 amide bonds. The molecule has 0 heterocycles. The van der Waals surface area contributed by atoms with Gasteiger partial charge in [-0.2, -0.15) is 5.26 Å². The van der Waals surface area contributed by atoms with Crippen LogP contribution in [0.3, 0.4) is 0 Å². The number of rotatable bonds is 3. The van der Waals surface area contributed by atoms with Crippen LogP contribution in [0.4, 0.5) is 5.69 Å². The first-order valence-corrected chi connectivity index (χ1v) is 6.30. The van der Waals surface area contributed by atoms with Gasteiger partial charge in [0, 0.05) is 17.3 Å². The Bertz CT molecular complexity index is 692. The highest BCUT2D eigenvalue weighted by atomic mass is 35.5. The van der Waals surface area contributed by atoms with Crippen molar-refractivity contribution in [2.75, 3.05) is 5.73 Å². The second kappa shape index (κ2) is 6.09. The average molecular weight is 286 g/mol. The van der Waals surface area contributed by atoms with E-state index in [-0.39, 0.29) is 5.91 Å². The van der Waals surface area contributed by atoms with Crippen molar-refractivity contribution in [2.45, 2.75) is 6.54 Å². The first kappa shape index (κ1) is 13.9. The summed E-state index contributed by atoms with van der Waals surface area (Å²) in [6.07, 6.45) is 0. The topological polar surface area (TPSA) is 78.9 Å². The molecule has 2 aromatic rings. The maximum absolute atomic E-state index is 12.0. The monoisotopic (exact) mass is 285 g/mol. The Balaban J connectivity index is 2.09. The highest BCUT2D eigenvalue weighted by molar-refractivity contribution is 6.31. The van der Waals surface area contributed by atoms with E-state index >= 15 is 0 Å². The van der Waals surface area contributed by atoms with Gasteiger partial charge in [0.1, 0.15) is 0 Å². The Hall–Kier alpha value is -2.51. The van der Waals surface area contributed by atoms with Crippen molar-refractivity contribution < 1.29 is 4.79 Å². The van der Waals surface area contributed by atoms with E-state index in [0.29, 0.717) is 28.4 Å². The van der Waals surface area contributed by atoms with Crippen molar-refractivity contribution >= 4 is 23.2 Å². The number of nitrogens with two attached hydrogens (primary N) is 1. The lowest BCUT2D eigenvalue weighted by Gasteiger charge is -2.08. The number of nitriles is 1. The fourth-order valence-corrected chi connectivity index (χ4v) is 1.93. The average Bonchev–Trinajstić information content (AvgIpc) is 2.47. The molecule has 5 heteroatoms. The zero-order valence-corrected chi connectivity index (χ0v) is 11.3. The Kier molecular flexibility index (Phi) is 4.24. The van der Waals surface area contributed by atoms with Gasteiger partial charge in [-0.05, 0) is 35.9 Å². The van der Waals surface area contributed by atoms with Crippen LogP contribution in [0.2, 0.25) is 5.02 Å². The molecule has 3 N–H and O–H groups in total. The molecule has 2 aromatic carbocycles. The van der Waals surface area contributed by atoms with Gasteiger partial charge in [0.15, 0.2) is 0 Å². The number of nitrogens with one attached hydrogen (secondary N) is 1. The van der Waals surface area contributed by atoms with E-state index in [2.05, 4.69) is 11.4 Å². The summed E-state index contributed by atoms with van der Waals surface area (Å²) >= 11 is 5.85. The largest absolute Gasteiger partial charge is 0.398 e. The highest BCUT2D eigenvalue weighted by Gasteiger charge is 2.10. The van der Waals surface area contributed by atoms with Gasteiger partial charge in [0.25, 0.3) is 5.91 Å². The predicted octanol–water partition coefficient (Wildman–Crippen LogP) is 2.72. The molecule has 100 valence electrons. The van der Waals surface area contributed by atoms with Gasteiger partial charge in [-0.25, -0.2) is 0 Å². The van der Waals surface area contributed by atoms with Crippen LogP contribution >= 0.6 is 11.6 Å². The summed E-state index contributed by atoms with van der Waals surface area (Å²) in [4.78, 5) is 12.0. The van der Waals surface area contributed by atoms with Crippen molar-refractivity contribution in [3.05, 3.63) is 64.2 Å². The molecule has 0 spiro atoms. The minimum absolute atomic E-state index is 0.299. The number of hydrogen-bond acceptors (Lipinski definition) is 3. The summed E-state index contributed by atoms with van der Waals surface area (Å²) in [6, 6.07) is 13.8. The molecule has 0 radical (unpaired) electrons. The van der Waals surface area contributed by atoms with E-state index in [1.54, 1.807) is 30.3 Å². The van der Waals surface area contributed by atoms with Gasteiger partial charge in [0.2, 0.25) is 0 Å². The molecule has 0 aliphatic carbocycles. The van der Waals surface area contributed by atoms with E-state index in [1.165, 1.54) is 6.07 Å². The fourth-order valence-electron chi connectivity index (χ4n) is 1.75. The Morgan fingerprint density at radius 1 is 1.30 bits per heavy atom. The summed E-state index contributed by atoms with van der Waals surface area (Å²) in [7, 11) is 0. The number of anilines is 1. The number of carbonyl (C=O) groups is 1. The second-order valence-corrected chi connectivity index (χ2v) is 4.66. The third-order valence-electron chi connectivity index (χ3n) is 2.77. The molecule has 0 unspecified atom stereocenters. The molecule has 0 bridgehead atoms. The third-order valence-corrected chi connectivity index (χ3v) is 3.00. The van der Waals surface area contributed by atoms with Crippen molar-refractivity contribution in [3.8, 4) is 6.07 Å². The van der Waals surface area contributed by atoms with E-state index in [4.69, 9.17) is 22.6 Å². The van der Waals surface area contributed by atoms with Crippen molar-refractivity contribution in [1.29, 1.82) is 5.26 Å². The Labute approximate surface area is 121 Å². The van der Waals surface area contributed by atoms with Crippen molar-refractivity contribution in [3.63, 3.8) is 0 Å². The van der Waals surface area contributed by atoms with Crippen molar-refractivity contribution in [2.24, 2.45) is 0 Å². The first-order chi connectivity index (χ1) is 9.60. The molecule has 0 aliphatic rings. The van der Waals surface area contributed by atoms with Crippen LogP contribution in [0.5, 0.6) is 0 Å². The molecule has 2 rings (SSSR count). The standard InChI is InChI=1S/C15H12ClN3O/c16-12-4-5-14(18)13(7-12)15(20)19-9-11-3-1-2-10(6-11)8-17/h1-7H,9,18H2,(H,19,20). The van der Waals surface area contributed by atoms with Gasteiger partial charge in [-0.1, -0.05) is 23.7 Å². The normalized spacial score (nSPS) is 9.80. The fraction of sp³-hybridized carbons (Fsp3) is 0.0667. The lowest BCUT2D eigenvalue weighted by molar-refractivity contribution is 0.0952. The van der Waals surface area contributed by atoms with Gasteiger partial charge >= 0.3 is 0 Å². The lowest BCUT2D eigenvalue weighted by atomic mass is 10.1. The van der Waals surface area contributed by atoms with Gasteiger partial charge in [-0.15, -0.1) is 0 Å². The van der Waals surface area contributed by atoms with Crippen LogP contribution in [0.15, 0.2) is 42.5 Å². The molecule has 0 aliphatic heterocycles. The SMILES string of the molecule is N#Cc1cccc(CNC(=O)c2cc(Cl)ccc2N)c1. The third kappa shape index (κ3) is 3.28. The van der Waals surface area contributed by atoms with Crippen LogP contribution < -0.4 is 11.1 Å². The maximum Gasteiger partial charge on any atom is 0.253 e. The summed E-state index contributed by atoms with van der Waals surface area (Å²) in [5.41, 5.74) is 7.86. The van der Waals surface area contributed by atoms with E-state index < -0.39 is 0 Å². The summed E-state index contributed by atoms with van der Waals surface area (Å²) in [6.45, 7) is 0.320. The van der Waals surface area contributed by atoms with Crippen LogP contribution in [-0.4, -0.2) is 5.91 Å². The number of carbonyl (C=O) groups excluding carboxylic acids is 1. The molecule has 0 aromatic heterocycles.